The van der Waals surface area contributed by atoms with E-state index < -0.39 is 0 Å². The number of rotatable bonds is 5. The summed E-state index contributed by atoms with van der Waals surface area (Å²) in [5.41, 5.74) is 1.95. The number of ether oxygens (including phenoxy) is 1. The molecule has 3 atom stereocenters. The van der Waals surface area contributed by atoms with Crippen molar-refractivity contribution in [3.05, 3.63) is 29.8 Å². The molecular formula is C18H27ClN2O2. The van der Waals surface area contributed by atoms with Crippen LogP contribution < -0.4 is 10.6 Å². The van der Waals surface area contributed by atoms with Crippen molar-refractivity contribution in [2.24, 2.45) is 5.92 Å². The number of amides is 1. The van der Waals surface area contributed by atoms with E-state index >= 15 is 0 Å². The smallest absolute Gasteiger partial charge is 0.241 e. The third kappa shape index (κ3) is 4.69. The predicted molar refractivity (Wildman–Crippen MR) is 94.9 cm³/mol. The van der Waals surface area contributed by atoms with E-state index in [9.17, 15) is 4.79 Å². The molecule has 5 heteroatoms. The number of nitrogens with one attached hydrogen (secondary N) is 2. The van der Waals surface area contributed by atoms with Crippen LogP contribution in [0, 0.1) is 5.92 Å². The van der Waals surface area contributed by atoms with Crippen molar-refractivity contribution in [2.75, 3.05) is 11.9 Å². The van der Waals surface area contributed by atoms with E-state index in [0.717, 1.165) is 17.7 Å². The Morgan fingerprint density at radius 1 is 1.35 bits per heavy atom. The first-order valence-electron chi connectivity index (χ1n) is 8.50. The third-order valence-electron chi connectivity index (χ3n) is 4.85. The molecule has 1 aliphatic carbocycles. The molecule has 23 heavy (non-hydrogen) atoms. The molecular weight excluding hydrogens is 312 g/mol. The van der Waals surface area contributed by atoms with Crippen LogP contribution in [-0.4, -0.2) is 24.6 Å². The molecule has 1 amide bonds. The van der Waals surface area contributed by atoms with E-state index in [2.05, 4.69) is 10.6 Å². The zero-order chi connectivity index (χ0) is 15.4. The molecule has 128 valence electrons. The molecule has 1 aromatic carbocycles. The highest BCUT2D eigenvalue weighted by molar-refractivity contribution is 5.95. The second kappa shape index (κ2) is 8.67. The Bertz CT molecular complexity index is 509. The molecule has 2 fully saturated rings. The van der Waals surface area contributed by atoms with Gasteiger partial charge in [0, 0.05) is 18.3 Å². The van der Waals surface area contributed by atoms with E-state index in [1.165, 1.54) is 25.7 Å². The summed E-state index contributed by atoms with van der Waals surface area (Å²) < 4.78 is 5.42. The van der Waals surface area contributed by atoms with E-state index in [1.807, 2.05) is 31.2 Å². The third-order valence-corrected chi connectivity index (χ3v) is 4.85. The Morgan fingerprint density at radius 3 is 2.96 bits per heavy atom. The number of hydrogen-bond acceptors (Lipinski definition) is 3. The van der Waals surface area contributed by atoms with Gasteiger partial charge in [-0.15, -0.1) is 12.4 Å². The summed E-state index contributed by atoms with van der Waals surface area (Å²) >= 11 is 0. The van der Waals surface area contributed by atoms with Crippen molar-refractivity contribution in [2.45, 2.75) is 57.7 Å². The fraction of sp³-hybridized carbons (Fsp3) is 0.611. The van der Waals surface area contributed by atoms with Crippen LogP contribution in [0.2, 0.25) is 0 Å². The summed E-state index contributed by atoms with van der Waals surface area (Å²) in [5, 5.41) is 6.58. The number of halogens is 1. The lowest BCUT2D eigenvalue weighted by Crippen LogP contribution is -2.39. The summed E-state index contributed by atoms with van der Waals surface area (Å²) in [7, 11) is 0. The van der Waals surface area contributed by atoms with Crippen LogP contribution in [0.4, 0.5) is 5.69 Å². The molecule has 1 saturated heterocycles. The summed E-state index contributed by atoms with van der Waals surface area (Å²) in [6, 6.07) is 8.43. The number of carbonyl (C=O) groups excluding carboxylic acids is 1. The van der Waals surface area contributed by atoms with Gasteiger partial charge in [0.05, 0.1) is 12.6 Å². The van der Waals surface area contributed by atoms with Gasteiger partial charge in [0.2, 0.25) is 5.91 Å². The zero-order valence-corrected chi connectivity index (χ0v) is 14.5. The highest BCUT2D eigenvalue weighted by Gasteiger charge is 2.38. The largest absolute Gasteiger partial charge is 0.377 e. The Labute approximate surface area is 144 Å². The molecule has 3 unspecified atom stereocenters. The standard InChI is InChI=1S/C18H26N2O2.ClH/c1-2-22-12-13-6-5-8-15(10-13)19-18(21)17-11-14-7-3-4-9-16(14)20-17;/h5-6,8,10,14,16-17,20H,2-4,7,9,11-12H2,1H3,(H,19,21);1H. The van der Waals surface area contributed by atoms with Crippen molar-refractivity contribution in [1.29, 1.82) is 0 Å². The minimum Gasteiger partial charge on any atom is -0.377 e. The number of fused-ring (bicyclic) bond motifs is 1. The quantitative estimate of drug-likeness (QED) is 0.863. The van der Waals surface area contributed by atoms with Crippen LogP contribution in [0.1, 0.15) is 44.6 Å². The topological polar surface area (TPSA) is 50.4 Å². The molecule has 0 bridgehead atoms. The van der Waals surface area contributed by atoms with Crippen LogP contribution in [0.25, 0.3) is 0 Å². The van der Waals surface area contributed by atoms with Crippen LogP contribution in [-0.2, 0) is 16.1 Å². The summed E-state index contributed by atoms with van der Waals surface area (Å²) in [4.78, 5) is 12.5. The van der Waals surface area contributed by atoms with Crippen molar-refractivity contribution in [3.63, 3.8) is 0 Å². The number of anilines is 1. The molecule has 2 N–H and O–H groups in total. The molecule has 3 rings (SSSR count). The molecule has 0 aromatic heterocycles. The van der Waals surface area contributed by atoms with Gasteiger partial charge in [0.25, 0.3) is 0 Å². The first-order valence-corrected chi connectivity index (χ1v) is 8.50. The maximum absolute atomic E-state index is 12.5. The van der Waals surface area contributed by atoms with Crippen molar-refractivity contribution in [1.82, 2.24) is 5.32 Å². The van der Waals surface area contributed by atoms with Crippen molar-refractivity contribution >= 4 is 24.0 Å². The van der Waals surface area contributed by atoms with Crippen LogP contribution in [0.3, 0.4) is 0 Å². The number of hydrogen-bond donors (Lipinski definition) is 2. The lowest BCUT2D eigenvalue weighted by Gasteiger charge is -2.24. The van der Waals surface area contributed by atoms with E-state index in [-0.39, 0.29) is 24.4 Å². The van der Waals surface area contributed by atoms with Gasteiger partial charge in [-0.2, -0.15) is 0 Å². The van der Waals surface area contributed by atoms with E-state index in [1.54, 1.807) is 0 Å². The zero-order valence-electron chi connectivity index (χ0n) is 13.7. The Hall–Kier alpha value is -1.10. The summed E-state index contributed by atoms with van der Waals surface area (Å²) in [6.45, 7) is 3.27. The fourth-order valence-electron chi connectivity index (χ4n) is 3.71. The normalized spacial score (nSPS) is 26.2. The molecule has 2 aliphatic rings. The summed E-state index contributed by atoms with van der Waals surface area (Å²) in [5.74, 6) is 0.789. The van der Waals surface area contributed by atoms with Crippen molar-refractivity contribution in [3.8, 4) is 0 Å². The maximum atomic E-state index is 12.5. The second-order valence-electron chi connectivity index (χ2n) is 6.43. The Balaban J connectivity index is 0.00000192. The minimum atomic E-state index is -0.0383. The molecule has 1 heterocycles. The lowest BCUT2D eigenvalue weighted by atomic mass is 9.85. The van der Waals surface area contributed by atoms with Gasteiger partial charge in [-0.3, -0.25) is 4.79 Å². The first-order chi connectivity index (χ1) is 10.8. The Morgan fingerprint density at radius 2 is 2.17 bits per heavy atom. The van der Waals surface area contributed by atoms with Gasteiger partial charge >= 0.3 is 0 Å². The molecule has 0 spiro atoms. The molecule has 1 aromatic rings. The average Bonchev–Trinajstić information content (AvgIpc) is 2.97. The molecule has 1 aliphatic heterocycles. The van der Waals surface area contributed by atoms with Gasteiger partial charge in [-0.25, -0.2) is 0 Å². The van der Waals surface area contributed by atoms with Gasteiger partial charge < -0.3 is 15.4 Å². The van der Waals surface area contributed by atoms with Crippen LogP contribution in [0.15, 0.2) is 24.3 Å². The first kappa shape index (κ1) is 18.2. The monoisotopic (exact) mass is 338 g/mol. The molecule has 0 radical (unpaired) electrons. The van der Waals surface area contributed by atoms with Gasteiger partial charge in [-0.1, -0.05) is 25.0 Å². The average molecular weight is 339 g/mol. The maximum Gasteiger partial charge on any atom is 0.241 e. The lowest BCUT2D eigenvalue weighted by molar-refractivity contribution is -0.117. The van der Waals surface area contributed by atoms with E-state index in [4.69, 9.17) is 4.74 Å². The number of carbonyl (C=O) groups is 1. The SMILES string of the molecule is CCOCc1cccc(NC(=O)C2CC3CCCCC3N2)c1.Cl. The molecule has 1 saturated carbocycles. The highest BCUT2D eigenvalue weighted by atomic mass is 35.5. The van der Waals surface area contributed by atoms with Gasteiger partial charge in [0.1, 0.15) is 0 Å². The van der Waals surface area contributed by atoms with Gasteiger partial charge in [0.15, 0.2) is 0 Å². The highest BCUT2D eigenvalue weighted by Crippen LogP contribution is 2.33. The molecule has 4 nitrogen and oxygen atoms in total. The van der Waals surface area contributed by atoms with Crippen LogP contribution in [0.5, 0.6) is 0 Å². The summed E-state index contributed by atoms with van der Waals surface area (Å²) in [6.07, 6.45) is 6.08. The van der Waals surface area contributed by atoms with E-state index in [0.29, 0.717) is 25.2 Å². The van der Waals surface area contributed by atoms with Crippen molar-refractivity contribution < 1.29 is 9.53 Å². The number of benzene rings is 1. The minimum absolute atomic E-state index is 0. The second-order valence-corrected chi connectivity index (χ2v) is 6.43. The Kier molecular flexibility index (Phi) is 6.88. The van der Waals surface area contributed by atoms with Gasteiger partial charge in [-0.05, 0) is 49.8 Å². The predicted octanol–water partition coefficient (Wildman–Crippen LogP) is 3.50. The fourth-order valence-corrected chi connectivity index (χ4v) is 3.71. The van der Waals surface area contributed by atoms with Crippen LogP contribution >= 0.6 is 12.4 Å².